The lowest BCUT2D eigenvalue weighted by Crippen LogP contribution is -2.71. The van der Waals surface area contributed by atoms with Gasteiger partial charge in [-0.3, -0.25) is 48.6 Å². The second kappa shape index (κ2) is 16.1. The lowest BCUT2D eigenvalue weighted by Gasteiger charge is -2.57. The lowest BCUT2D eigenvalue weighted by molar-refractivity contribution is -0.193. The molecular formula is C40H47N15O6. The molecule has 318 valence electrons. The maximum Gasteiger partial charge on any atom is 0.278 e. The highest BCUT2D eigenvalue weighted by molar-refractivity contribution is 6.07. The van der Waals surface area contributed by atoms with Gasteiger partial charge in [0.25, 0.3) is 11.8 Å². The van der Waals surface area contributed by atoms with Crippen LogP contribution in [0, 0.1) is 13.8 Å². The molecule has 0 radical (unpaired) electrons. The van der Waals surface area contributed by atoms with Crippen LogP contribution in [0.4, 0.5) is 17.6 Å². The second-order valence-electron chi connectivity index (χ2n) is 15.1. The molecular weight excluding hydrogens is 787 g/mol. The number of nitrogen functional groups attached to an aromatic ring is 1. The topological polar surface area (TPSA) is 276 Å². The van der Waals surface area contributed by atoms with Crippen LogP contribution in [0.1, 0.15) is 73.3 Å². The number of hydrogen-bond donors (Lipinski definition) is 5. The van der Waals surface area contributed by atoms with Crippen molar-refractivity contribution in [1.82, 2.24) is 48.5 Å². The number of anilines is 3. The van der Waals surface area contributed by atoms with Gasteiger partial charge in [0.2, 0.25) is 23.7 Å². The van der Waals surface area contributed by atoms with Gasteiger partial charge in [0, 0.05) is 51.0 Å². The summed E-state index contributed by atoms with van der Waals surface area (Å²) in [5.74, 6) is -1.62. The summed E-state index contributed by atoms with van der Waals surface area (Å²) in [4.78, 5) is 68.2. The van der Waals surface area contributed by atoms with Crippen LogP contribution in [0.25, 0.3) is 22.2 Å². The number of hydrogen-bond acceptors (Lipinski definition) is 13. The van der Waals surface area contributed by atoms with Crippen LogP contribution in [0.5, 0.6) is 5.75 Å². The van der Waals surface area contributed by atoms with Gasteiger partial charge in [0.05, 0.1) is 46.9 Å². The third-order valence-electron chi connectivity index (χ3n) is 11.2. The zero-order valence-electron chi connectivity index (χ0n) is 34.3. The van der Waals surface area contributed by atoms with Crippen LogP contribution in [0.15, 0.2) is 42.6 Å². The van der Waals surface area contributed by atoms with Gasteiger partial charge in [-0.2, -0.15) is 10.2 Å². The SMILES string of the molecule is CCn1nc(C)cc1C(=O)Nc1nc2cc(C(N)=O)cc(OCCN3CCC34COC4)c2n1C/C=C/Cn1c(NC(=O)c2c(N)c(C)nn2CC)nc2cc(C(N)=O)cnc21. The first-order chi connectivity index (χ1) is 29.3. The molecule has 21 nitrogen and oxygen atoms in total. The Morgan fingerprint density at radius 1 is 0.869 bits per heavy atom. The molecule has 2 aliphatic rings. The molecule has 8 rings (SSSR count). The second-order valence-corrected chi connectivity index (χ2v) is 15.1. The number of ether oxygens (including phenoxy) is 2. The Labute approximate surface area is 348 Å². The van der Waals surface area contributed by atoms with Crippen molar-refractivity contribution in [3.63, 3.8) is 0 Å². The van der Waals surface area contributed by atoms with Gasteiger partial charge in [0.15, 0.2) is 5.65 Å². The van der Waals surface area contributed by atoms with E-state index < -0.39 is 23.6 Å². The molecule has 1 aromatic carbocycles. The highest BCUT2D eigenvalue weighted by Crippen LogP contribution is 2.37. The van der Waals surface area contributed by atoms with Crippen molar-refractivity contribution in [1.29, 1.82) is 0 Å². The Hall–Kier alpha value is -7.13. The summed E-state index contributed by atoms with van der Waals surface area (Å²) in [6.07, 6.45) is 6.07. The average Bonchev–Trinajstić information content (AvgIpc) is 3.94. The van der Waals surface area contributed by atoms with Gasteiger partial charge in [-0.25, -0.2) is 15.0 Å². The highest BCUT2D eigenvalue weighted by atomic mass is 16.5. The van der Waals surface area contributed by atoms with Crippen molar-refractivity contribution in [3.8, 4) is 5.75 Å². The molecule has 6 aromatic rings. The monoisotopic (exact) mass is 833 g/mol. The summed E-state index contributed by atoms with van der Waals surface area (Å²) < 4.78 is 18.4. The van der Waals surface area contributed by atoms with E-state index in [2.05, 4.69) is 35.7 Å². The summed E-state index contributed by atoms with van der Waals surface area (Å²) in [5, 5.41) is 14.6. The smallest absolute Gasteiger partial charge is 0.278 e. The summed E-state index contributed by atoms with van der Waals surface area (Å²) in [7, 11) is 0. The minimum Gasteiger partial charge on any atom is -0.490 e. The number of pyridine rings is 1. The summed E-state index contributed by atoms with van der Waals surface area (Å²) in [5.41, 5.74) is 21.5. The zero-order chi connectivity index (χ0) is 43.2. The minimum atomic E-state index is -0.682. The molecule has 61 heavy (non-hydrogen) atoms. The Morgan fingerprint density at radius 3 is 2.20 bits per heavy atom. The molecule has 5 aromatic heterocycles. The average molecular weight is 834 g/mol. The number of fused-ring (bicyclic) bond motifs is 2. The van der Waals surface area contributed by atoms with E-state index in [1.54, 1.807) is 45.9 Å². The van der Waals surface area contributed by atoms with E-state index >= 15 is 0 Å². The molecule has 7 heterocycles. The minimum absolute atomic E-state index is 0.0640. The van der Waals surface area contributed by atoms with Crippen molar-refractivity contribution in [3.05, 3.63) is 76.5 Å². The first-order valence-electron chi connectivity index (χ1n) is 19.9. The fourth-order valence-electron chi connectivity index (χ4n) is 7.75. The van der Waals surface area contributed by atoms with Gasteiger partial charge in [-0.1, -0.05) is 12.2 Å². The predicted octanol–water partition coefficient (Wildman–Crippen LogP) is 2.23. The number of aryl methyl sites for hydroxylation is 4. The van der Waals surface area contributed by atoms with Crippen LogP contribution >= 0.6 is 0 Å². The lowest BCUT2D eigenvalue weighted by atomic mass is 9.83. The molecule has 8 N–H and O–H groups in total. The number of primary amides is 2. The number of imidazole rings is 2. The van der Waals surface area contributed by atoms with Crippen molar-refractivity contribution >= 4 is 63.4 Å². The molecule has 0 saturated carbocycles. The van der Waals surface area contributed by atoms with Crippen LogP contribution in [-0.2, 0) is 30.9 Å². The molecule has 21 heteroatoms. The third kappa shape index (κ3) is 7.52. The number of rotatable bonds is 16. The van der Waals surface area contributed by atoms with E-state index in [-0.39, 0.29) is 53.0 Å². The standard InChI is InChI=1S/C40H47N15O6/c1-5-54-28(15-22(3)49-54)36(58)47-38-45-26-16-24(33(42)56)18-29(61-14-13-51-12-9-40(51)20-60-21-40)31(26)52(38)10-7-8-11-53-35-27(17-25(19-44-35)34(43)57)46-39(53)48-37(59)32-30(41)23(4)50-55(32)6-2/h7-8,15-19H,5-6,9-14,20-21,41H2,1-4H3,(H2,42,56)(H2,43,57)(H,45,47,58)(H,46,48,59)/b8-7+. The number of nitrogens with one attached hydrogen (secondary N) is 2. The van der Waals surface area contributed by atoms with Gasteiger partial charge in [0.1, 0.15) is 34.8 Å². The first kappa shape index (κ1) is 40.6. The molecule has 1 spiro atoms. The van der Waals surface area contributed by atoms with Gasteiger partial charge >= 0.3 is 0 Å². The molecule has 0 atom stereocenters. The molecule has 2 saturated heterocycles. The molecule has 2 aliphatic heterocycles. The van der Waals surface area contributed by atoms with Gasteiger partial charge in [-0.15, -0.1) is 0 Å². The quantitative estimate of drug-likeness (QED) is 0.0877. The Balaban J connectivity index is 1.14. The number of amides is 4. The van der Waals surface area contributed by atoms with E-state index in [9.17, 15) is 19.2 Å². The summed E-state index contributed by atoms with van der Waals surface area (Å²) in [6.45, 7) is 11.7. The van der Waals surface area contributed by atoms with Crippen molar-refractivity contribution in [2.45, 2.75) is 65.8 Å². The number of likely N-dealkylation sites (tertiary alicyclic amines) is 1. The fraction of sp³-hybridized carbons (Fsp3) is 0.375. The maximum atomic E-state index is 13.8. The van der Waals surface area contributed by atoms with E-state index in [0.717, 1.165) is 13.0 Å². The van der Waals surface area contributed by atoms with E-state index in [1.807, 2.05) is 26.0 Å². The fourth-order valence-corrected chi connectivity index (χ4v) is 7.75. The Morgan fingerprint density at radius 2 is 1.54 bits per heavy atom. The highest BCUT2D eigenvalue weighted by Gasteiger charge is 2.50. The predicted molar refractivity (Wildman–Crippen MR) is 224 cm³/mol. The zero-order valence-corrected chi connectivity index (χ0v) is 34.3. The van der Waals surface area contributed by atoms with E-state index in [1.165, 1.54) is 16.9 Å². The van der Waals surface area contributed by atoms with Crippen LogP contribution in [0.2, 0.25) is 0 Å². The summed E-state index contributed by atoms with van der Waals surface area (Å²) in [6, 6.07) is 6.34. The Bertz CT molecular complexity index is 2750. The van der Waals surface area contributed by atoms with E-state index in [0.29, 0.717) is 84.5 Å². The van der Waals surface area contributed by atoms with Crippen LogP contribution in [-0.4, -0.2) is 111 Å². The van der Waals surface area contributed by atoms with Crippen molar-refractivity contribution in [2.24, 2.45) is 11.5 Å². The number of benzene rings is 1. The molecule has 0 bridgehead atoms. The van der Waals surface area contributed by atoms with Crippen molar-refractivity contribution in [2.75, 3.05) is 49.3 Å². The Kier molecular flexibility index (Phi) is 10.8. The molecule has 2 fully saturated rings. The molecule has 0 unspecified atom stereocenters. The largest absolute Gasteiger partial charge is 0.490 e. The number of allylic oxidation sites excluding steroid dienone is 2. The molecule has 0 aliphatic carbocycles. The normalized spacial score (nSPS) is 14.8. The number of carbonyl (C=O) groups is 4. The number of nitrogens with zero attached hydrogens (tertiary/aromatic N) is 10. The van der Waals surface area contributed by atoms with Crippen LogP contribution in [0.3, 0.4) is 0 Å². The first-order valence-corrected chi connectivity index (χ1v) is 19.9. The van der Waals surface area contributed by atoms with Gasteiger partial charge < -0.3 is 31.2 Å². The molecule has 4 amide bonds. The summed E-state index contributed by atoms with van der Waals surface area (Å²) >= 11 is 0. The number of carbonyl (C=O) groups excluding carboxylic acids is 4. The van der Waals surface area contributed by atoms with Crippen molar-refractivity contribution < 1.29 is 28.7 Å². The van der Waals surface area contributed by atoms with Crippen LogP contribution < -0.4 is 32.6 Å². The number of nitrogens with two attached hydrogens (primary N) is 3. The third-order valence-corrected chi connectivity index (χ3v) is 11.2. The van der Waals surface area contributed by atoms with Gasteiger partial charge in [-0.05, 0) is 58.4 Å². The number of aromatic nitrogens is 9. The maximum absolute atomic E-state index is 13.8. The van der Waals surface area contributed by atoms with E-state index in [4.69, 9.17) is 31.7 Å².